The molecule has 1 aromatic heterocycles. The monoisotopic (exact) mass is 220 g/mol. The third-order valence-corrected chi connectivity index (χ3v) is 2.61. The fourth-order valence-electron chi connectivity index (χ4n) is 1.49. The third-order valence-electron chi connectivity index (χ3n) is 2.61. The summed E-state index contributed by atoms with van der Waals surface area (Å²) < 4.78 is 5.55. The highest BCUT2D eigenvalue weighted by Crippen LogP contribution is 2.29. The first kappa shape index (κ1) is 12.4. The minimum Gasteiger partial charge on any atom is -0.466 e. The van der Waals surface area contributed by atoms with E-state index in [0.717, 1.165) is 17.7 Å². The van der Waals surface area contributed by atoms with Crippen LogP contribution in [0.15, 0.2) is 16.5 Å². The molecule has 0 amide bonds. The van der Waals surface area contributed by atoms with Crippen molar-refractivity contribution in [3.05, 3.63) is 29.2 Å². The second-order valence-electron chi connectivity index (χ2n) is 4.51. The van der Waals surface area contributed by atoms with Crippen LogP contribution in [0.5, 0.6) is 0 Å². The number of ketones is 1. The van der Waals surface area contributed by atoms with Gasteiger partial charge >= 0.3 is 6.21 Å². The molecule has 4 heteroatoms. The minimum absolute atomic E-state index is 0.182. The minimum atomic E-state index is -0.187. The molecule has 1 heterocycles. The highest BCUT2D eigenvalue weighted by atomic mass is 16.3. The number of hydrogen-bond donors (Lipinski definition) is 0. The van der Waals surface area contributed by atoms with E-state index in [4.69, 9.17) is 9.95 Å². The lowest BCUT2D eigenvalue weighted by Gasteiger charge is -2.20. The molecule has 0 spiro atoms. The van der Waals surface area contributed by atoms with Crippen LogP contribution in [0.4, 0.5) is 0 Å². The summed E-state index contributed by atoms with van der Waals surface area (Å²) in [6.07, 6.45) is 1.94. The number of rotatable bonds is 5. The summed E-state index contributed by atoms with van der Waals surface area (Å²) in [7, 11) is 0. The molecule has 0 N–H and O–H groups in total. The summed E-state index contributed by atoms with van der Waals surface area (Å²) in [5.41, 5.74) is 8.03. The Morgan fingerprint density at radius 1 is 1.56 bits per heavy atom. The molecule has 0 aromatic carbocycles. The lowest BCUT2D eigenvalue weighted by molar-refractivity contribution is -0.116. The van der Waals surface area contributed by atoms with Gasteiger partial charge in [0, 0.05) is 11.8 Å². The number of carbonyl (C=O) groups is 1. The van der Waals surface area contributed by atoms with Gasteiger partial charge in [-0.2, -0.15) is 4.79 Å². The van der Waals surface area contributed by atoms with E-state index in [9.17, 15) is 4.79 Å². The molecule has 0 radical (unpaired) electrons. The lowest BCUT2D eigenvalue weighted by atomic mass is 9.84. The Balaban J connectivity index is 2.65. The average molecular weight is 220 g/mol. The number of nitrogens with zero attached hydrogens (tertiary/aromatic N) is 2. The smallest absolute Gasteiger partial charge is 0.323 e. The molecule has 0 saturated carbocycles. The summed E-state index contributed by atoms with van der Waals surface area (Å²) in [5.74, 6) is 1.56. The Kier molecular flexibility index (Phi) is 3.80. The summed E-state index contributed by atoms with van der Waals surface area (Å²) in [6, 6.07) is 3.84. The maximum atomic E-state index is 11.2. The van der Waals surface area contributed by atoms with Crippen LogP contribution in [-0.2, 0) is 10.2 Å². The normalized spacial score (nSPS) is 10.9. The molecule has 1 rings (SSSR count). The molecule has 4 nitrogen and oxygen atoms in total. The van der Waals surface area contributed by atoms with Crippen molar-refractivity contribution in [3.8, 4) is 0 Å². The number of aryl methyl sites for hydroxylation is 1. The fourth-order valence-corrected chi connectivity index (χ4v) is 1.49. The summed E-state index contributed by atoms with van der Waals surface area (Å²) in [4.78, 5) is 13.9. The van der Waals surface area contributed by atoms with E-state index in [1.54, 1.807) is 0 Å². The van der Waals surface area contributed by atoms with E-state index < -0.39 is 0 Å². The lowest BCUT2D eigenvalue weighted by Crippen LogP contribution is -2.18. The van der Waals surface area contributed by atoms with Crippen molar-refractivity contribution in [3.63, 3.8) is 0 Å². The zero-order valence-electron chi connectivity index (χ0n) is 9.86. The predicted octanol–water partition coefficient (Wildman–Crippen LogP) is 2.52. The topological polar surface area (TPSA) is 66.6 Å². The van der Waals surface area contributed by atoms with Gasteiger partial charge in [0.25, 0.3) is 0 Å². The van der Waals surface area contributed by atoms with Gasteiger partial charge in [0.2, 0.25) is 5.78 Å². The Morgan fingerprint density at radius 3 is 2.75 bits per heavy atom. The zero-order chi connectivity index (χ0) is 12.2. The molecule has 0 aliphatic rings. The molecule has 86 valence electrons. The van der Waals surface area contributed by atoms with Gasteiger partial charge in [-0.05, 0) is 25.5 Å². The number of hydrogen-bond acceptors (Lipinski definition) is 2. The van der Waals surface area contributed by atoms with Crippen LogP contribution >= 0.6 is 0 Å². The van der Waals surface area contributed by atoms with Crippen molar-refractivity contribution >= 4 is 12.0 Å². The number of Topliss-reactive ketones (excluding diaryl/α,β-unsaturated/α-hetero) is 1. The predicted molar refractivity (Wildman–Crippen MR) is 60.4 cm³/mol. The Labute approximate surface area is 94.9 Å². The Hall–Kier alpha value is -1.67. The van der Waals surface area contributed by atoms with Crippen LogP contribution in [0.1, 0.15) is 38.2 Å². The van der Waals surface area contributed by atoms with Gasteiger partial charge in [-0.25, -0.2) is 0 Å². The fraction of sp³-hybridized carbons (Fsp3) is 0.500. The molecule has 0 aliphatic carbocycles. The third kappa shape index (κ3) is 3.17. The van der Waals surface area contributed by atoms with Crippen molar-refractivity contribution < 1.29 is 14.0 Å². The van der Waals surface area contributed by atoms with E-state index in [-0.39, 0.29) is 11.2 Å². The maximum absolute atomic E-state index is 11.2. The quantitative estimate of drug-likeness (QED) is 0.434. The van der Waals surface area contributed by atoms with Crippen molar-refractivity contribution in [2.24, 2.45) is 0 Å². The molecular formula is C12H16N2O2. The average Bonchev–Trinajstić information content (AvgIpc) is 2.63. The maximum Gasteiger partial charge on any atom is 0.323 e. The largest absolute Gasteiger partial charge is 0.466 e. The Morgan fingerprint density at radius 2 is 2.25 bits per heavy atom. The number of furan rings is 1. The van der Waals surface area contributed by atoms with E-state index in [2.05, 4.69) is 4.79 Å². The summed E-state index contributed by atoms with van der Waals surface area (Å²) in [5, 5.41) is 0. The van der Waals surface area contributed by atoms with Gasteiger partial charge in [0.15, 0.2) is 0 Å². The van der Waals surface area contributed by atoms with Crippen molar-refractivity contribution in [1.29, 1.82) is 0 Å². The van der Waals surface area contributed by atoms with Crippen LogP contribution in [0.2, 0.25) is 0 Å². The summed E-state index contributed by atoms with van der Waals surface area (Å²) in [6.45, 7) is 5.94. The highest BCUT2D eigenvalue weighted by Gasteiger charge is 2.25. The van der Waals surface area contributed by atoms with Gasteiger partial charge in [0.05, 0.1) is 0 Å². The molecule has 0 saturated heterocycles. The van der Waals surface area contributed by atoms with Crippen LogP contribution < -0.4 is 0 Å². The zero-order valence-corrected chi connectivity index (χ0v) is 9.86. The second kappa shape index (κ2) is 4.90. The first-order valence-electron chi connectivity index (χ1n) is 5.23. The van der Waals surface area contributed by atoms with Crippen LogP contribution in [0.25, 0.3) is 5.53 Å². The standard InChI is InChI=1S/C12H16N2O2/c1-9-4-5-11(16-9)12(2,3)7-6-10(15)8-14-13/h4-5,8H,6-7H2,1-3H3. The van der Waals surface area contributed by atoms with Crippen LogP contribution in [0, 0.1) is 6.92 Å². The molecule has 0 unspecified atom stereocenters. The van der Waals surface area contributed by atoms with E-state index in [1.807, 2.05) is 32.9 Å². The van der Waals surface area contributed by atoms with Crippen molar-refractivity contribution in [2.75, 3.05) is 0 Å². The van der Waals surface area contributed by atoms with Gasteiger partial charge in [-0.1, -0.05) is 13.8 Å². The van der Waals surface area contributed by atoms with Gasteiger partial charge in [-0.3, -0.25) is 4.79 Å². The first-order chi connectivity index (χ1) is 7.45. The van der Waals surface area contributed by atoms with E-state index in [0.29, 0.717) is 12.8 Å². The molecule has 0 atom stereocenters. The molecule has 1 aromatic rings. The van der Waals surface area contributed by atoms with Gasteiger partial charge < -0.3 is 9.95 Å². The molecule has 0 fully saturated rings. The molecule has 0 aliphatic heterocycles. The van der Waals surface area contributed by atoms with Crippen LogP contribution in [-0.4, -0.2) is 16.8 Å². The SMILES string of the molecule is Cc1ccc(C(C)(C)CCC(=O)C=[N+]=[N-])o1. The van der Waals surface area contributed by atoms with Gasteiger partial charge in [-0.15, -0.1) is 0 Å². The van der Waals surface area contributed by atoms with Gasteiger partial charge in [0.1, 0.15) is 11.5 Å². The number of carbonyl (C=O) groups excluding carboxylic acids is 1. The molecular weight excluding hydrogens is 204 g/mol. The highest BCUT2D eigenvalue weighted by molar-refractivity contribution is 6.25. The molecule has 16 heavy (non-hydrogen) atoms. The van der Waals surface area contributed by atoms with Crippen molar-refractivity contribution in [2.45, 2.75) is 39.0 Å². The summed E-state index contributed by atoms with van der Waals surface area (Å²) >= 11 is 0. The van der Waals surface area contributed by atoms with Crippen LogP contribution in [0.3, 0.4) is 0 Å². The van der Waals surface area contributed by atoms with Crippen molar-refractivity contribution in [1.82, 2.24) is 0 Å². The van der Waals surface area contributed by atoms with E-state index >= 15 is 0 Å². The first-order valence-corrected chi connectivity index (χ1v) is 5.23. The Bertz CT molecular complexity index is 426. The second-order valence-corrected chi connectivity index (χ2v) is 4.51. The van der Waals surface area contributed by atoms with E-state index in [1.165, 1.54) is 0 Å². The molecule has 0 bridgehead atoms.